The summed E-state index contributed by atoms with van der Waals surface area (Å²) in [5.41, 5.74) is 1.21. The lowest BCUT2D eigenvalue weighted by atomic mass is 10.0. The molecule has 1 aliphatic rings. The van der Waals surface area contributed by atoms with Crippen LogP contribution < -0.4 is 10.6 Å². The predicted molar refractivity (Wildman–Crippen MR) is 101 cm³/mol. The molecular formula is C21H25N3O2. The van der Waals surface area contributed by atoms with E-state index in [2.05, 4.69) is 15.6 Å². The third kappa shape index (κ3) is 4.91. The molecule has 1 saturated carbocycles. The van der Waals surface area contributed by atoms with Gasteiger partial charge in [0.2, 0.25) is 5.91 Å². The molecule has 1 aliphatic carbocycles. The van der Waals surface area contributed by atoms with Crippen molar-refractivity contribution < 1.29 is 9.59 Å². The molecule has 5 heteroatoms. The van der Waals surface area contributed by atoms with Gasteiger partial charge >= 0.3 is 0 Å². The zero-order valence-electron chi connectivity index (χ0n) is 14.9. The second-order valence-corrected chi connectivity index (χ2v) is 6.76. The van der Waals surface area contributed by atoms with Gasteiger partial charge in [-0.15, -0.1) is 0 Å². The van der Waals surface area contributed by atoms with Gasteiger partial charge in [-0.1, -0.05) is 56.0 Å². The summed E-state index contributed by atoms with van der Waals surface area (Å²) in [7, 11) is 0. The standard InChI is InChI=1S/C21H25N3O2/c25-20(17-11-8-14-22-15-17)24-19(16-9-4-3-5-10-16)21(26)23-18-12-6-1-2-7-13-18/h3-5,8-11,14-15,18-19H,1-2,6-7,12-13H2,(H,23,26)(H,24,25)/t19-/m1/s1. The molecule has 1 aromatic carbocycles. The number of benzene rings is 1. The Morgan fingerprint density at radius 3 is 2.35 bits per heavy atom. The monoisotopic (exact) mass is 351 g/mol. The van der Waals surface area contributed by atoms with Crippen molar-refractivity contribution in [1.29, 1.82) is 0 Å². The maximum absolute atomic E-state index is 12.9. The van der Waals surface area contributed by atoms with Crippen LogP contribution >= 0.6 is 0 Å². The van der Waals surface area contributed by atoms with Crippen molar-refractivity contribution in [2.24, 2.45) is 0 Å². The van der Waals surface area contributed by atoms with Crippen molar-refractivity contribution in [2.75, 3.05) is 0 Å². The second kappa shape index (κ2) is 9.13. The minimum atomic E-state index is -0.716. The fourth-order valence-electron chi connectivity index (χ4n) is 3.37. The molecule has 0 spiro atoms. The Balaban J connectivity index is 1.74. The van der Waals surface area contributed by atoms with Crippen molar-refractivity contribution >= 4 is 11.8 Å². The van der Waals surface area contributed by atoms with E-state index in [-0.39, 0.29) is 17.9 Å². The van der Waals surface area contributed by atoms with Gasteiger partial charge in [0, 0.05) is 18.4 Å². The van der Waals surface area contributed by atoms with Gasteiger partial charge < -0.3 is 10.6 Å². The van der Waals surface area contributed by atoms with Gasteiger partial charge in [-0.05, 0) is 30.5 Å². The third-order valence-electron chi connectivity index (χ3n) is 4.80. The molecule has 1 aromatic heterocycles. The Kier molecular flexibility index (Phi) is 6.36. The van der Waals surface area contributed by atoms with Crippen molar-refractivity contribution in [3.8, 4) is 0 Å². The average Bonchev–Trinajstić information content (AvgIpc) is 2.96. The summed E-state index contributed by atoms with van der Waals surface area (Å²) >= 11 is 0. The molecule has 2 amide bonds. The molecule has 136 valence electrons. The van der Waals surface area contributed by atoms with Crippen molar-refractivity contribution in [1.82, 2.24) is 15.6 Å². The number of hydrogen-bond donors (Lipinski definition) is 2. The van der Waals surface area contributed by atoms with Gasteiger partial charge in [-0.2, -0.15) is 0 Å². The first kappa shape index (κ1) is 18.1. The van der Waals surface area contributed by atoms with Crippen LogP contribution in [0.3, 0.4) is 0 Å². The lowest BCUT2D eigenvalue weighted by Crippen LogP contribution is -2.44. The number of nitrogens with zero attached hydrogens (tertiary/aromatic N) is 1. The fourth-order valence-corrected chi connectivity index (χ4v) is 3.37. The average molecular weight is 351 g/mol. The molecule has 0 saturated heterocycles. The van der Waals surface area contributed by atoms with Gasteiger partial charge in [0.15, 0.2) is 0 Å². The predicted octanol–water partition coefficient (Wildman–Crippen LogP) is 3.39. The smallest absolute Gasteiger partial charge is 0.253 e. The molecule has 0 radical (unpaired) electrons. The Hall–Kier alpha value is -2.69. The maximum atomic E-state index is 12.9. The lowest BCUT2D eigenvalue weighted by molar-refractivity contribution is -0.123. The Bertz CT molecular complexity index is 711. The highest BCUT2D eigenvalue weighted by Crippen LogP contribution is 2.19. The number of pyridine rings is 1. The van der Waals surface area contributed by atoms with Crippen LogP contribution in [0.5, 0.6) is 0 Å². The molecule has 0 unspecified atom stereocenters. The van der Waals surface area contributed by atoms with E-state index in [0.717, 1.165) is 31.2 Å². The Morgan fingerprint density at radius 2 is 1.69 bits per heavy atom. The Morgan fingerprint density at radius 1 is 0.962 bits per heavy atom. The molecule has 1 fully saturated rings. The summed E-state index contributed by atoms with van der Waals surface area (Å²) in [5.74, 6) is -0.455. The van der Waals surface area contributed by atoms with E-state index in [1.165, 1.54) is 19.0 Å². The summed E-state index contributed by atoms with van der Waals surface area (Å²) in [4.78, 5) is 29.5. The molecule has 3 rings (SSSR count). The van der Waals surface area contributed by atoms with Gasteiger partial charge in [0.1, 0.15) is 6.04 Å². The maximum Gasteiger partial charge on any atom is 0.253 e. The number of hydrogen-bond acceptors (Lipinski definition) is 3. The van der Waals surface area contributed by atoms with Gasteiger partial charge in [0.25, 0.3) is 5.91 Å². The van der Waals surface area contributed by atoms with Gasteiger partial charge in [0.05, 0.1) is 5.56 Å². The van der Waals surface area contributed by atoms with Gasteiger partial charge in [-0.25, -0.2) is 0 Å². The number of carbonyl (C=O) groups excluding carboxylic acids is 2. The van der Waals surface area contributed by atoms with Crippen LogP contribution in [0.25, 0.3) is 0 Å². The highest BCUT2D eigenvalue weighted by molar-refractivity contribution is 5.97. The summed E-state index contributed by atoms with van der Waals surface area (Å²) in [6.07, 6.45) is 9.86. The highest BCUT2D eigenvalue weighted by Gasteiger charge is 2.25. The van der Waals surface area contributed by atoms with Crippen LogP contribution in [0.1, 0.15) is 60.5 Å². The zero-order valence-corrected chi connectivity index (χ0v) is 14.9. The minimum absolute atomic E-state index is 0.152. The molecule has 1 heterocycles. The number of aromatic nitrogens is 1. The summed E-state index contributed by atoms with van der Waals surface area (Å²) in [6.45, 7) is 0. The van der Waals surface area contributed by atoms with E-state index >= 15 is 0 Å². The van der Waals surface area contributed by atoms with Crippen molar-refractivity contribution in [2.45, 2.75) is 50.6 Å². The van der Waals surface area contributed by atoms with Crippen LogP contribution in [0.15, 0.2) is 54.9 Å². The van der Waals surface area contributed by atoms with E-state index < -0.39 is 6.04 Å². The molecule has 2 aromatic rings. The van der Waals surface area contributed by atoms with E-state index in [9.17, 15) is 9.59 Å². The number of nitrogens with one attached hydrogen (secondary N) is 2. The normalized spacial score (nSPS) is 16.3. The first-order valence-corrected chi connectivity index (χ1v) is 9.30. The molecule has 0 bridgehead atoms. The van der Waals surface area contributed by atoms with Crippen molar-refractivity contribution in [3.05, 3.63) is 66.0 Å². The van der Waals surface area contributed by atoms with Crippen LogP contribution in [0, 0.1) is 0 Å². The van der Waals surface area contributed by atoms with E-state index in [4.69, 9.17) is 0 Å². The molecule has 5 nitrogen and oxygen atoms in total. The van der Waals surface area contributed by atoms with Gasteiger partial charge in [-0.3, -0.25) is 14.6 Å². The van der Waals surface area contributed by atoms with Crippen molar-refractivity contribution in [3.63, 3.8) is 0 Å². The van der Waals surface area contributed by atoms with E-state index in [0.29, 0.717) is 5.56 Å². The highest BCUT2D eigenvalue weighted by atomic mass is 16.2. The van der Waals surface area contributed by atoms with E-state index in [1.807, 2.05) is 30.3 Å². The summed E-state index contributed by atoms with van der Waals surface area (Å²) in [5, 5.41) is 6.01. The first-order chi connectivity index (χ1) is 12.7. The number of carbonyl (C=O) groups is 2. The quantitative estimate of drug-likeness (QED) is 0.811. The summed E-state index contributed by atoms with van der Waals surface area (Å²) < 4.78 is 0. The largest absolute Gasteiger partial charge is 0.351 e. The van der Waals surface area contributed by atoms with E-state index in [1.54, 1.807) is 18.3 Å². The second-order valence-electron chi connectivity index (χ2n) is 6.76. The fraction of sp³-hybridized carbons (Fsp3) is 0.381. The number of amides is 2. The minimum Gasteiger partial charge on any atom is -0.351 e. The molecule has 26 heavy (non-hydrogen) atoms. The lowest BCUT2D eigenvalue weighted by Gasteiger charge is -2.23. The number of rotatable bonds is 5. The first-order valence-electron chi connectivity index (χ1n) is 9.30. The van der Waals surface area contributed by atoms with Crippen LogP contribution in [0.4, 0.5) is 0 Å². The molecular weight excluding hydrogens is 326 g/mol. The SMILES string of the molecule is O=C(N[C@@H](C(=O)NC1CCCCCC1)c1ccccc1)c1cccnc1. The molecule has 1 atom stereocenters. The Labute approximate surface area is 154 Å². The third-order valence-corrected chi connectivity index (χ3v) is 4.80. The summed E-state index contributed by atoms with van der Waals surface area (Å²) in [6, 6.07) is 12.2. The zero-order chi connectivity index (χ0) is 18.2. The van der Waals surface area contributed by atoms with Crippen LogP contribution in [0.2, 0.25) is 0 Å². The van der Waals surface area contributed by atoms with Crippen LogP contribution in [-0.4, -0.2) is 22.8 Å². The molecule has 0 aliphatic heterocycles. The molecule has 2 N–H and O–H groups in total. The topological polar surface area (TPSA) is 71.1 Å². The van der Waals surface area contributed by atoms with Crippen LogP contribution in [-0.2, 0) is 4.79 Å².